The number of primary amides is 1. The summed E-state index contributed by atoms with van der Waals surface area (Å²) in [6.07, 6.45) is 2.19. The van der Waals surface area contributed by atoms with E-state index in [-0.39, 0.29) is 0 Å². The number of carbonyl (C=O) groups excluding carboxylic acids is 1. The van der Waals surface area contributed by atoms with E-state index in [0.717, 1.165) is 19.4 Å². The summed E-state index contributed by atoms with van der Waals surface area (Å²) >= 11 is 0. The molecule has 1 aromatic rings. The summed E-state index contributed by atoms with van der Waals surface area (Å²) in [5.41, 5.74) is 12.8. The first-order valence-corrected chi connectivity index (χ1v) is 5.94. The molecule has 0 saturated heterocycles. The molecular formula is C13H21N3O. The Balaban J connectivity index is 2.66. The fourth-order valence-electron chi connectivity index (χ4n) is 1.70. The minimum Gasteiger partial charge on any atom is -0.397 e. The number of benzene rings is 1. The Morgan fingerprint density at radius 3 is 2.71 bits per heavy atom. The van der Waals surface area contributed by atoms with Crippen LogP contribution in [0, 0.1) is 5.92 Å². The van der Waals surface area contributed by atoms with Gasteiger partial charge in [-0.05, 0) is 30.9 Å². The van der Waals surface area contributed by atoms with Gasteiger partial charge in [0.2, 0.25) is 0 Å². The first kappa shape index (κ1) is 13.4. The molecule has 0 saturated carbocycles. The summed E-state index contributed by atoms with van der Waals surface area (Å²) in [6, 6.07) is 5.18. The van der Waals surface area contributed by atoms with Gasteiger partial charge in [-0.1, -0.05) is 19.9 Å². The molecule has 5 N–H and O–H groups in total. The quantitative estimate of drug-likeness (QED) is 0.522. The third-order valence-electron chi connectivity index (χ3n) is 2.62. The maximum atomic E-state index is 11.2. The average Bonchev–Trinajstić information content (AvgIpc) is 2.25. The summed E-state index contributed by atoms with van der Waals surface area (Å²) < 4.78 is 0. The Morgan fingerprint density at radius 2 is 2.12 bits per heavy atom. The van der Waals surface area contributed by atoms with E-state index in [1.807, 2.05) is 0 Å². The lowest BCUT2D eigenvalue weighted by Crippen LogP contribution is -2.16. The number of anilines is 2. The van der Waals surface area contributed by atoms with Crippen molar-refractivity contribution in [3.8, 4) is 0 Å². The van der Waals surface area contributed by atoms with Crippen LogP contribution in [0.25, 0.3) is 0 Å². The highest BCUT2D eigenvalue weighted by molar-refractivity contribution is 6.01. The summed E-state index contributed by atoms with van der Waals surface area (Å²) in [4.78, 5) is 11.2. The zero-order chi connectivity index (χ0) is 12.8. The predicted octanol–water partition coefficient (Wildman–Crippen LogP) is 2.22. The number of nitrogens with one attached hydrogen (secondary N) is 1. The average molecular weight is 235 g/mol. The minimum atomic E-state index is -0.455. The van der Waals surface area contributed by atoms with E-state index < -0.39 is 5.91 Å². The number of amides is 1. The zero-order valence-corrected chi connectivity index (χ0v) is 10.5. The van der Waals surface area contributed by atoms with Gasteiger partial charge in [0.05, 0.1) is 16.9 Å². The summed E-state index contributed by atoms with van der Waals surface area (Å²) in [6.45, 7) is 5.17. The Bertz CT molecular complexity index is 388. The molecule has 94 valence electrons. The van der Waals surface area contributed by atoms with Crippen molar-refractivity contribution in [2.45, 2.75) is 26.7 Å². The molecule has 0 spiro atoms. The molecular weight excluding hydrogens is 214 g/mol. The fourth-order valence-corrected chi connectivity index (χ4v) is 1.70. The van der Waals surface area contributed by atoms with Crippen LogP contribution in [0.3, 0.4) is 0 Å². The predicted molar refractivity (Wildman–Crippen MR) is 71.9 cm³/mol. The molecule has 0 radical (unpaired) electrons. The largest absolute Gasteiger partial charge is 0.397 e. The van der Waals surface area contributed by atoms with Gasteiger partial charge < -0.3 is 16.8 Å². The van der Waals surface area contributed by atoms with Crippen LogP contribution < -0.4 is 16.8 Å². The lowest BCUT2D eigenvalue weighted by Gasteiger charge is -2.13. The Hall–Kier alpha value is -1.71. The van der Waals surface area contributed by atoms with E-state index in [2.05, 4.69) is 19.2 Å². The van der Waals surface area contributed by atoms with Crippen molar-refractivity contribution < 1.29 is 4.79 Å². The first-order valence-electron chi connectivity index (χ1n) is 5.94. The van der Waals surface area contributed by atoms with Crippen molar-refractivity contribution in [2.75, 3.05) is 17.6 Å². The van der Waals surface area contributed by atoms with Crippen molar-refractivity contribution in [1.82, 2.24) is 0 Å². The van der Waals surface area contributed by atoms with E-state index in [9.17, 15) is 4.79 Å². The lowest BCUT2D eigenvalue weighted by atomic mass is 10.1. The molecule has 0 heterocycles. The van der Waals surface area contributed by atoms with E-state index >= 15 is 0 Å². The zero-order valence-electron chi connectivity index (χ0n) is 10.5. The van der Waals surface area contributed by atoms with Crippen molar-refractivity contribution in [2.24, 2.45) is 11.7 Å². The number of para-hydroxylation sites is 1. The molecule has 0 unspecified atom stereocenters. The van der Waals surface area contributed by atoms with Crippen molar-refractivity contribution in [1.29, 1.82) is 0 Å². The van der Waals surface area contributed by atoms with E-state index in [4.69, 9.17) is 11.5 Å². The fraction of sp³-hybridized carbons (Fsp3) is 0.462. The summed E-state index contributed by atoms with van der Waals surface area (Å²) in [7, 11) is 0. The Labute approximate surface area is 102 Å². The van der Waals surface area contributed by atoms with Gasteiger partial charge in [-0.25, -0.2) is 0 Å². The Morgan fingerprint density at radius 1 is 1.41 bits per heavy atom. The van der Waals surface area contributed by atoms with Gasteiger partial charge in [-0.2, -0.15) is 0 Å². The number of rotatable bonds is 6. The molecule has 0 aliphatic rings. The summed E-state index contributed by atoms with van der Waals surface area (Å²) in [5.74, 6) is 0.226. The molecule has 0 aliphatic heterocycles. The van der Waals surface area contributed by atoms with Crippen LogP contribution in [0.1, 0.15) is 37.0 Å². The van der Waals surface area contributed by atoms with Crippen LogP contribution in [0.5, 0.6) is 0 Å². The molecule has 0 aromatic heterocycles. The summed E-state index contributed by atoms with van der Waals surface area (Å²) in [5, 5.41) is 3.19. The maximum absolute atomic E-state index is 11.2. The molecule has 1 rings (SSSR count). The third-order valence-corrected chi connectivity index (χ3v) is 2.62. The number of nitrogens with two attached hydrogens (primary N) is 2. The highest BCUT2D eigenvalue weighted by atomic mass is 16.1. The highest BCUT2D eigenvalue weighted by Crippen LogP contribution is 2.23. The van der Waals surface area contributed by atoms with Crippen LogP contribution in [-0.2, 0) is 0 Å². The highest BCUT2D eigenvalue weighted by Gasteiger charge is 2.10. The van der Waals surface area contributed by atoms with Gasteiger partial charge in [-0.15, -0.1) is 0 Å². The van der Waals surface area contributed by atoms with Crippen molar-refractivity contribution in [3.05, 3.63) is 23.8 Å². The topological polar surface area (TPSA) is 81.1 Å². The van der Waals surface area contributed by atoms with Crippen molar-refractivity contribution in [3.63, 3.8) is 0 Å². The maximum Gasteiger partial charge on any atom is 0.250 e. The van der Waals surface area contributed by atoms with Crippen LogP contribution in [0.15, 0.2) is 18.2 Å². The first-order chi connectivity index (χ1) is 8.02. The smallest absolute Gasteiger partial charge is 0.250 e. The Kier molecular flexibility index (Phi) is 4.82. The molecule has 4 heteroatoms. The van der Waals surface area contributed by atoms with Crippen LogP contribution >= 0.6 is 0 Å². The second kappa shape index (κ2) is 6.13. The van der Waals surface area contributed by atoms with Gasteiger partial charge in [-0.3, -0.25) is 4.79 Å². The second-order valence-electron chi connectivity index (χ2n) is 4.60. The molecule has 0 bridgehead atoms. The third kappa shape index (κ3) is 3.98. The van der Waals surface area contributed by atoms with Gasteiger partial charge in [0.1, 0.15) is 0 Å². The number of carbonyl (C=O) groups is 1. The van der Waals surface area contributed by atoms with E-state index in [0.29, 0.717) is 22.9 Å². The SMILES string of the molecule is CC(C)CCCNc1c(N)cccc1C(N)=O. The molecule has 0 fully saturated rings. The standard InChI is InChI=1S/C13H21N3O/c1-9(2)5-4-8-16-12-10(13(15)17)6-3-7-11(12)14/h3,6-7,9,16H,4-5,8,14H2,1-2H3,(H2,15,17). The van der Waals surface area contributed by atoms with Crippen LogP contribution in [-0.4, -0.2) is 12.5 Å². The normalized spacial score (nSPS) is 10.5. The van der Waals surface area contributed by atoms with Gasteiger partial charge in [0.15, 0.2) is 0 Å². The van der Waals surface area contributed by atoms with E-state index in [1.54, 1.807) is 18.2 Å². The molecule has 0 aliphatic carbocycles. The molecule has 1 aromatic carbocycles. The van der Waals surface area contributed by atoms with Crippen LogP contribution in [0.4, 0.5) is 11.4 Å². The van der Waals surface area contributed by atoms with Crippen LogP contribution in [0.2, 0.25) is 0 Å². The molecule has 0 atom stereocenters. The van der Waals surface area contributed by atoms with E-state index in [1.165, 1.54) is 0 Å². The molecule has 1 amide bonds. The second-order valence-corrected chi connectivity index (χ2v) is 4.60. The van der Waals surface area contributed by atoms with Gasteiger partial charge >= 0.3 is 0 Å². The monoisotopic (exact) mass is 235 g/mol. The number of nitrogen functional groups attached to an aromatic ring is 1. The van der Waals surface area contributed by atoms with Gasteiger partial charge in [0, 0.05) is 6.54 Å². The lowest BCUT2D eigenvalue weighted by molar-refractivity contribution is 0.100. The minimum absolute atomic E-state index is 0.453. The molecule has 17 heavy (non-hydrogen) atoms. The van der Waals surface area contributed by atoms with Gasteiger partial charge in [0.25, 0.3) is 5.91 Å². The van der Waals surface area contributed by atoms with Crippen molar-refractivity contribution >= 4 is 17.3 Å². The number of hydrogen-bond donors (Lipinski definition) is 3. The molecule has 4 nitrogen and oxygen atoms in total. The number of hydrogen-bond acceptors (Lipinski definition) is 3.